The van der Waals surface area contributed by atoms with Crippen molar-refractivity contribution >= 4 is 7.12 Å². The maximum atomic E-state index is 8.75. The number of rotatable bonds is 3. The molecule has 76 valence electrons. The van der Waals surface area contributed by atoms with E-state index in [1.807, 2.05) is 30.3 Å². The van der Waals surface area contributed by atoms with Crippen molar-refractivity contribution in [3.63, 3.8) is 0 Å². The lowest BCUT2D eigenvalue weighted by Gasteiger charge is -1.96. The Kier molecular flexibility index (Phi) is 2.80. The molecule has 0 saturated carbocycles. The van der Waals surface area contributed by atoms with Crippen molar-refractivity contribution in [2.24, 2.45) is 0 Å². The lowest BCUT2D eigenvalue weighted by molar-refractivity contribution is 0.386. The first-order valence-corrected chi connectivity index (χ1v) is 4.57. The summed E-state index contributed by atoms with van der Waals surface area (Å²) >= 11 is 0. The van der Waals surface area contributed by atoms with Gasteiger partial charge in [0.2, 0.25) is 0 Å². The van der Waals surface area contributed by atoms with Crippen LogP contribution in [0, 0.1) is 0 Å². The summed E-state index contributed by atoms with van der Waals surface area (Å²) in [6.07, 6.45) is 1.70. The van der Waals surface area contributed by atoms with E-state index in [2.05, 4.69) is 10.3 Å². The topological polar surface area (TPSA) is 71.2 Å². The first-order valence-electron chi connectivity index (χ1n) is 4.57. The van der Waals surface area contributed by atoms with Gasteiger partial charge in [-0.15, -0.1) is 5.10 Å². The Labute approximate surface area is 87.1 Å². The molecule has 1 aromatic carbocycles. The quantitative estimate of drug-likeness (QED) is 0.686. The summed E-state index contributed by atoms with van der Waals surface area (Å²) in [5.74, 6) is 0. The van der Waals surface area contributed by atoms with Crippen LogP contribution in [-0.2, 0) is 6.44 Å². The third-order valence-corrected chi connectivity index (χ3v) is 1.96. The second kappa shape index (κ2) is 4.25. The van der Waals surface area contributed by atoms with Gasteiger partial charge in [0, 0.05) is 5.56 Å². The minimum Gasteiger partial charge on any atom is -0.426 e. The van der Waals surface area contributed by atoms with Crippen LogP contribution in [0.15, 0.2) is 36.5 Å². The van der Waals surface area contributed by atoms with Gasteiger partial charge in [0.1, 0.15) is 5.69 Å². The third kappa shape index (κ3) is 2.42. The van der Waals surface area contributed by atoms with Crippen LogP contribution >= 0.6 is 0 Å². The van der Waals surface area contributed by atoms with Gasteiger partial charge in [0.25, 0.3) is 0 Å². The minimum absolute atomic E-state index is 0.0276. The molecule has 0 saturated heterocycles. The fraction of sp³-hybridized carbons (Fsp3) is 0.111. The van der Waals surface area contributed by atoms with E-state index in [0.717, 1.165) is 11.3 Å². The molecule has 0 aliphatic carbocycles. The van der Waals surface area contributed by atoms with Gasteiger partial charge in [-0.2, -0.15) is 0 Å². The van der Waals surface area contributed by atoms with Crippen LogP contribution in [0.5, 0.6) is 0 Å². The van der Waals surface area contributed by atoms with Gasteiger partial charge >= 0.3 is 7.12 Å². The molecule has 15 heavy (non-hydrogen) atoms. The van der Waals surface area contributed by atoms with Crippen LogP contribution in [0.3, 0.4) is 0 Å². The standard InChI is InChI=1S/C9H10BN3O2/c14-10(15)7-13-6-9(11-12-13)8-4-2-1-3-5-8/h1-6,14-15H,7H2. The van der Waals surface area contributed by atoms with Gasteiger partial charge < -0.3 is 10.0 Å². The van der Waals surface area contributed by atoms with E-state index >= 15 is 0 Å². The van der Waals surface area contributed by atoms with Crippen molar-refractivity contribution in [2.75, 3.05) is 0 Å². The largest absolute Gasteiger partial charge is 0.474 e. The molecule has 0 bridgehead atoms. The van der Waals surface area contributed by atoms with Crippen LogP contribution in [0.2, 0.25) is 0 Å². The van der Waals surface area contributed by atoms with Crippen molar-refractivity contribution in [1.82, 2.24) is 15.0 Å². The zero-order valence-corrected chi connectivity index (χ0v) is 7.98. The van der Waals surface area contributed by atoms with E-state index in [1.165, 1.54) is 4.68 Å². The smallest absolute Gasteiger partial charge is 0.426 e. The van der Waals surface area contributed by atoms with Crippen LogP contribution in [-0.4, -0.2) is 32.2 Å². The number of nitrogens with zero attached hydrogens (tertiary/aromatic N) is 3. The fourth-order valence-corrected chi connectivity index (χ4v) is 1.30. The summed E-state index contributed by atoms with van der Waals surface area (Å²) in [5.41, 5.74) is 1.67. The lowest BCUT2D eigenvalue weighted by Crippen LogP contribution is -2.20. The lowest BCUT2D eigenvalue weighted by atomic mass is 9.93. The average Bonchev–Trinajstić information content (AvgIpc) is 2.67. The predicted molar refractivity (Wildman–Crippen MR) is 55.6 cm³/mol. The normalized spacial score (nSPS) is 10.3. The van der Waals surface area contributed by atoms with E-state index in [9.17, 15) is 0 Å². The third-order valence-electron chi connectivity index (χ3n) is 1.96. The monoisotopic (exact) mass is 203 g/mol. The number of aromatic nitrogens is 3. The Hall–Kier alpha value is -1.66. The molecule has 0 unspecified atom stereocenters. The summed E-state index contributed by atoms with van der Waals surface area (Å²) in [5, 5.41) is 25.2. The molecule has 0 spiro atoms. The zero-order chi connectivity index (χ0) is 10.7. The molecule has 2 rings (SSSR count). The Bertz CT molecular complexity index is 430. The molecule has 2 aromatic rings. The second-order valence-electron chi connectivity index (χ2n) is 3.17. The molecule has 0 fully saturated rings. The Morgan fingerprint density at radius 1 is 1.20 bits per heavy atom. The maximum Gasteiger partial charge on any atom is 0.474 e. The second-order valence-corrected chi connectivity index (χ2v) is 3.17. The highest BCUT2D eigenvalue weighted by Crippen LogP contribution is 2.14. The molecule has 5 nitrogen and oxygen atoms in total. The molecule has 6 heteroatoms. The molecular formula is C9H10BN3O2. The highest BCUT2D eigenvalue weighted by atomic mass is 16.4. The number of benzene rings is 1. The molecule has 2 N–H and O–H groups in total. The summed E-state index contributed by atoms with van der Waals surface area (Å²) in [6, 6.07) is 9.59. The van der Waals surface area contributed by atoms with E-state index in [1.54, 1.807) is 6.20 Å². The van der Waals surface area contributed by atoms with Crippen molar-refractivity contribution in [1.29, 1.82) is 0 Å². The van der Waals surface area contributed by atoms with Gasteiger partial charge in [-0.1, -0.05) is 35.5 Å². The Morgan fingerprint density at radius 3 is 2.60 bits per heavy atom. The van der Waals surface area contributed by atoms with E-state index < -0.39 is 7.12 Å². The molecule has 0 atom stereocenters. The average molecular weight is 203 g/mol. The fourth-order valence-electron chi connectivity index (χ4n) is 1.30. The summed E-state index contributed by atoms with van der Waals surface area (Å²) in [6.45, 7) is 0. The van der Waals surface area contributed by atoms with Gasteiger partial charge in [-0.25, -0.2) is 0 Å². The molecule has 0 amide bonds. The first kappa shape index (κ1) is 9.88. The predicted octanol–water partition coefficient (Wildman–Crippen LogP) is -0.0429. The summed E-state index contributed by atoms with van der Waals surface area (Å²) in [7, 11) is -1.41. The minimum atomic E-state index is -1.41. The molecule has 1 aromatic heterocycles. The van der Waals surface area contributed by atoms with Crippen molar-refractivity contribution in [3.05, 3.63) is 36.5 Å². The SMILES string of the molecule is OB(O)Cn1cc(-c2ccccc2)nn1. The van der Waals surface area contributed by atoms with E-state index in [0.29, 0.717) is 0 Å². The maximum absolute atomic E-state index is 8.75. The highest BCUT2D eigenvalue weighted by molar-refractivity contribution is 6.39. The van der Waals surface area contributed by atoms with Crippen LogP contribution < -0.4 is 0 Å². The van der Waals surface area contributed by atoms with Crippen molar-refractivity contribution in [3.8, 4) is 11.3 Å². The molecular weight excluding hydrogens is 193 g/mol. The number of hydrogen-bond donors (Lipinski definition) is 2. The zero-order valence-electron chi connectivity index (χ0n) is 7.98. The van der Waals surface area contributed by atoms with Gasteiger partial charge in [-0.05, 0) is 0 Å². The molecule has 1 heterocycles. The van der Waals surface area contributed by atoms with Crippen molar-refractivity contribution < 1.29 is 10.0 Å². The van der Waals surface area contributed by atoms with Gasteiger partial charge in [0.15, 0.2) is 0 Å². The number of hydrogen-bond acceptors (Lipinski definition) is 4. The molecule has 0 aliphatic heterocycles. The Morgan fingerprint density at radius 2 is 1.93 bits per heavy atom. The Balaban J connectivity index is 2.21. The molecule has 0 radical (unpaired) electrons. The van der Waals surface area contributed by atoms with Crippen molar-refractivity contribution in [2.45, 2.75) is 6.44 Å². The van der Waals surface area contributed by atoms with E-state index in [-0.39, 0.29) is 6.44 Å². The van der Waals surface area contributed by atoms with Gasteiger partial charge in [0.05, 0.1) is 12.6 Å². The summed E-state index contributed by atoms with van der Waals surface area (Å²) in [4.78, 5) is 0. The van der Waals surface area contributed by atoms with Crippen LogP contribution in [0.25, 0.3) is 11.3 Å². The van der Waals surface area contributed by atoms with Gasteiger partial charge in [-0.3, -0.25) is 4.68 Å². The molecule has 0 aliphatic rings. The van der Waals surface area contributed by atoms with Crippen LogP contribution in [0.1, 0.15) is 0 Å². The first-order chi connectivity index (χ1) is 7.25. The van der Waals surface area contributed by atoms with E-state index in [4.69, 9.17) is 10.0 Å². The van der Waals surface area contributed by atoms with Crippen LogP contribution in [0.4, 0.5) is 0 Å². The summed E-state index contributed by atoms with van der Waals surface area (Å²) < 4.78 is 1.40. The highest BCUT2D eigenvalue weighted by Gasteiger charge is 2.10.